The van der Waals surface area contributed by atoms with Gasteiger partial charge in [-0.15, -0.1) is 0 Å². The number of aliphatic carboxylic acids is 1. The van der Waals surface area contributed by atoms with Gasteiger partial charge in [-0.25, -0.2) is 0 Å². The highest BCUT2D eigenvalue weighted by atomic mass is 16.4. The summed E-state index contributed by atoms with van der Waals surface area (Å²) >= 11 is 0. The topological polar surface area (TPSA) is 70.9 Å². The Bertz CT molecular complexity index is 526. The van der Waals surface area contributed by atoms with Gasteiger partial charge in [-0.2, -0.15) is 5.10 Å². The SMILES string of the molecule is Cc1c(CCC(=O)O)nn(C)c1-c1cc[nH]c1. The van der Waals surface area contributed by atoms with Gasteiger partial charge in [-0.1, -0.05) is 0 Å². The molecule has 0 aliphatic heterocycles. The molecule has 17 heavy (non-hydrogen) atoms. The van der Waals surface area contributed by atoms with E-state index in [1.54, 1.807) is 4.68 Å². The molecule has 0 atom stereocenters. The quantitative estimate of drug-likeness (QED) is 0.845. The molecule has 2 heterocycles. The molecule has 2 rings (SSSR count). The van der Waals surface area contributed by atoms with Gasteiger partial charge in [-0.3, -0.25) is 9.48 Å². The summed E-state index contributed by atoms with van der Waals surface area (Å²) in [4.78, 5) is 13.6. The summed E-state index contributed by atoms with van der Waals surface area (Å²) in [5.41, 5.74) is 4.00. The molecule has 0 fully saturated rings. The summed E-state index contributed by atoms with van der Waals surface area (Å²) in [6.07, 6.45) is 4.35. The molecule has 0 saturated carbocycles. The van der Waals surface area contributed by atoms with Gasteiger partial charge in [0.1, 0.15) is 0 Å². The second-order valence-electron chi connectivity index (χ2n) is 4.04. The molecule has 0 amide bonds. The largest absolute Gasteiger partial charge is 0.481 e. The Hall–Kier alpha value is -2.04. The fraction of sp³-hybridized carbons (Fsp3) is 0.333. The number of nitrogens with zero attached hydrogens (tertiary/aromatic N) is 2. The maximum Gasteiger partial charge on any atom is 0.303 e. The fourth-order valence-electron chi connectivity index (χ4n) is 2.02. The molecule has 0 radical (unpaired) electrons. The Kier molecular flexibility index (Phi) is 2.99. The Balaban J connectivity index is 2.32. The monoisotopic (exact) mass is 233 g/mol. The number of hydrogen-bond acceptors (Lipinski definition) is 2. The van der Waals surface area contributed by atoms with Gasteiger partial charge in [0.2, 0.25) is 0 Å². The highest BCUT2D eigenvalue weighted by Gasteiger charge is 2.14. The van der Waals surface area contributed by atoms with Crippen molar-refractivity contribution in [3.8, 4) is 11.3 Å². The normalized spacial score (nSPS) is 10.7. The molecule has 0 aliphatic carbocycles. The van der Waals surface area contributed by atoms with Crippen LogP contribution in [0.25, 0.3) is 11.3 Å². The highest BCUT2D eigenvalue weighted by Crippen LogP contribution is 2.25. The molecule has 2 aromatic rings. The average Bonchev–Trinajstić information content (AvgIpc) is 2.84. The van der Waals surface area contributed by atoms with Crippen molar-refractivity contribution in [3.63, 3.8) is 0 Å². The molecule has 0 unspecified atom stereocenters. The number of aromatic nitrogens is 3. The smallest absolute Gasteiger partial charge is 0.303 e. The first-order valence-electron chi connectivity index (χ1n) is 5.47. The first kappa shape index (κ1) is 11.4. The minimum absolute atomic E-state index is 0.116. The lowest BCUT2D eigenvalue weighted by Crippen LogP contribution is -1.99. The Labute approximate surface area is 99.1 Å². The van der Waals surface area contributed by atoms with E-state index < -0.39 is 5.97 Å². The lowest BCUT2D eigenvalue weighted by molar-refractivity contribution is -0.136. The van der Waals surface area contributed by atoms with Crippen LogP contribution in [0.2, 0.25) is 0 Å². The van der Waals surface area contributed by atoms with E-state index in [0.717, 1.165) is 22.5 Å². The van der Waals surface area contributed by atoms with E-state index in [1.165, 1.54) is 0 Å². The lowest BCUT2D eigenvalue weighted by atomic mass is 10.1. The van der Waals surface area contributed by atoms with Crippen LogP contribution in [0, 0.1) is 6.92 Å². The summed E-state index contributed by atoms with van der Waals surface area (Å²) in [6, 6.07) is 1.98. The van der Waals surface area contributed by atoms with Crippen LogP contribution in [-0.4, -0.2) is 25.8 Å². The molecule has 90 valence electrons. The fourth-order valence-corrected chi connectivity index (χ4v) is 2.02. The van der Waals surface area contributed by atoms with E-state index in [-0.39, 0.29) is 6.42 Å². The summed E-state index contributed by atoms with van der Waals surface area (Å²) < 4.78 is 1.80. The van der Waals surface area contributed by atoms with E-state index >= 15 is 0 Å². The molecule has 5 nitrogen and oxygen atoms in total. The Morgan fingerprint density at radius 2 is 2.35 bits per heavy atom. The molecule has 0 aromatic carbocycles. The van der Waals surface area contributed by atoms with E-state index in [0.29, 0.717) is 6.42 Å². The van der Waals surface area contributed by atoms with Crippen molar-refractivity contribution in [1.82, 2.24) is 14.8 Å². The minimum Gasteiger partial charge on any atom is -0.481 e. The average molecular weight is 233 g/mol. The summed E-state index contributed by atoms with van der Waals surface area (Å²) in [6.45, 7) is 1.98. The second kappa shape index (κ2) is 4.45. The minimum atomic E-state index is -0.793. The molecule has 2 aromatic heterocycles. The number of nitrogens with one attached hydrogen (secondary N) is 1. The number of carboxylic acids is 1. The van der Waals surface area contributed by atoms with Crippen LogP contribution in [0.5, 0.6) is 0 Å². The molecule has 0 bridgehead atoms. The van der Waals surface area contributed by atoms with E-state index in [9.17, 15) is 4.79 Å². The van der Waals surface area contributed by atoms with E-state index in [1.807, 2.05) is 32.4 Å². The van der Waals surface area contributed by atoms with Crippen molar-refractivity contribution in [2.24, 2.45) is 7.05 Å². The van der Waals surface area contributed by atoms with Gasteiger partial charge in [0, 0.05) is 31.4 Å². The van der Waals surface area contributed by atoms with Crippen molar-refractivity contribution >= 4 is 5.97 Å². The molecule has 2 N–H and O–H groups in total. The number of carboxylic acid groups (broad SMARTS) is 1. The van der Waals surface area contributed by atoms with Crippen molar-refractivity contribution in [1.29, 1.82) is 0 Å². The lowest BCUT2D eigenvalue weighted by Gasteiger charge is -1.99. The van der Waals surface area contributed by atoms with E-state index in [2.05, 4.69) is 10.1 Å². The molecular formula is C12H15N3O2. The van der Waals surface area contributed by atoms with Crippen LogP contribution in [-0.2, 0) is 18.3 Å². The standard InChI is InChI=1S/C12H15N3O2/c1-8-10(3-4-11(16)17)14-15(2)12(8)9-5-6-13-7-9/h5-7,13H,3-4H2,1-2H3,(H,16,17). The van der Waals surface area contributed by atoms with E-state index in [4.69, 9.17) is 5.11 Å². The van der Waals surface area contributed by atoms with Gasteiger partial charge in [0.15, 0.2) is 0 Å². The third-order valence-corrected chi connectivity index (χ3v) is 2.83. The molecule has 0 aliphatic rings. The van der Waals surface area contributed by atoms with Gasteiger partial charge in [0.25, 0.3) is 0 Å². The van der Waals surface area contributed by atoms with Gasteiger partial charge in [-0.05, 0) is 18.6 Å². The molecule has 5 heteroatoms. The highest BCUT2D eigenvalue weighted by molar-refractivity contribution is 5.68. The number of rotatable bonds is 4. The maximum absolute atomic E-state index is 10.6. The van der Waals surface area contributed by atoms with Crippen LogP contribution < -0.4 is 0 Å². The van der Waals surface area contributed by atoms with Crippen LogP contribution in [0.15, 0.2) is 18.5 Å². The maximum atomic E-state index is 10.6. The first-order valence-corrected chi connectivity index (χ1v) is 5.47. The van der Waals surface area contributed by atoms with Crippen LogP contribution in [0.1, 0.15) is 17.7 Å². The van der Waals surface area contributed by atoms with Crippen molar-refractivity contribution in [3.05, 3.63) is 29.7 Å². The Morgan fingerprint density at radius 3 is 2.94 bits per heavy atom. The zero-order valence-corrected chi connectivity index (χ0v) is 9.90. The van der Waals surface area contributed by atoms with Crippen molar-refractivity contribution in [2.45, 2.75) is 19.8 Å². The summed E-state index contributed by atoms with van der Waals surface area (Å²) in [7, 11) is 1.87. The van der Waals surface area contributed by atoms with Crippen LogP contribution in [0.4, 0.5) is 0 Å². The molecular weight excluding hydrogens is 218 g/mol. The predicted molar refractivity (Wildman–Crippen MR) is 63.7 cm³/mol. The third-order valence-electron chi connectivity index (χ3n) is 2.83. The van der Waals surface area contributed by atoms with Gasteiger partial charge in [0.05, 0.1) is 17.8 Å². The number of carbonyl (C=O) groups is 1. The first-order chi connectivity index (χ1) is 8.09. The zero-order chi connectivity index (χ0) is 12.4. The second-order valence-corrected chi connectivity index (χ2v) is 4.04. The predicted octanol–water partition coefficient (Wildman–Crippen LogP) is 1.74. The number of hydrogen-bond donors (Lipinski definition) is 2. The third kappa shape index (κ3) is 2.22. The zero-order valence-electron chi connectivity index (χ0n) is 9.90. The van der Waals surface area contributed by atoms with Crippen molar-refractivity contribution < 1.29 is 9.90 Å². The Morgan fingerprint density at radius 1 is 1.59 bits per heavy atom. The summed E-state index contributed by atoms with van der Waals surface area (Å²) in [5, 5.41) is 13.1. The number of H-pyrrole nitrogens is 1. The van der Waals surface area contributed by atoms with Gasteiger partial charge >= 0.3 is 5.97 Å². The van der Waals surface area contributed by atoms with Gasteiger partial charge < -0.3 is 10.1 Å². The van der Waals surface area contributed by atoms with Crippen LogP contribution in [0.3, 0.4) is 0 Å². The van der Waals surface area contributed by atoms with Crippen molar-refractivity contribution in [2.75, 3.05) is 0 Å². The van der Waals surface area contributed by atoms with Crippen LogP contribution >= 0.6 is 0 Å². The molecule has 0 saturated heterocycles. The summed E-state index contributed by atoms with van der Waals surface area (Å²) in [5.74, 6) is -0.793. The number of aryl methyl sites for hydroxylation is 2. The number of aromatic amines is 1. The molecule has 0 spiro atoms.